The van der Waals surface area contributed by atoms with Crippen molar-refractivity contribution in [1.82, 2.24) is 4.90 Å². The minimum Gasteiger partial charge on any atom is -0.496 e. The minimum atomic E-state index is -1.07. The average Bonchev–Trinajstić information content (AvgIpc) is 2.41. The highest BCUT2D eigenvalue weighted by molar-refractivity contribution is 5.85. The second-order valence-electron chi connectivity index (χ2n) is 4.20. The summed E-state index contributed by atoms with van der Waals surface area (Å²) in [6.07, 6.45) is 0. The van der Waals surface area contributed by atoms with Crippen LogP contribution >= 0.6 is 0 Å². The van der Waals surface area contributed by atoms with Crippen molar-refractivity contribution in [2.24, 2.45) is 0 Å². The molecule has 1 fully saturated rings. The van der Waals surface area contributed by atoms with Crippen LogP contribution in [0.2, 0.25) is 0 Å². The van der Waals surface area contributed by atoms with Gasteiger partial charge in [0.1, 0.15) is 12.4 Å². The van der Waals surface area contributed by atoms with Crippen molar-refractivity contribution in [3.63, 3.8) is 0 Å². The van der Waals surface area contributed by atoms with E-state index < -0.39 is 12.0 Å². The number of para-hydroxylation sites is 1. The van der Waals surface area contributed by atoms with Gasteiger partial charge in [-0.05, 0) is 6.07 Å². The summed E-state index contributed by atoms with van der Waals surface area (Å²) in [7, 11) is 1.54. The highest BCUT2D eigenvalue weighted by atomic mass is 16.5. The van der Waals surface area contributed by atoms with Crippen LogP contribution in [0.15, 0.2) is 24.3 Å². The minimum absolute atomic E-state index is 0.0101. The molecule has 1 amide bonds. The van der Waals surface area contributed by atoms with E-state index in [-0.39, 0.29) is 25.7 Å². The molecule has 102 valence electrons. The molecule has 0 spiro atoms. The number of nitrogens with zero attached hydrogens (tertiary/aromatic N) is 1. The number of amides is 1. The normalized spacial score (nSPS) is 19.3. The number of carbonyl (C=O) groups excluding carboxylic acids is 1. The fourth-order valence-corrected chi connectivity index (χ4v) is 2.02. The number of methoxy groups -OCH3 is 1. The van der Waals surface area contributed by atoms with Gasteiger partial charge in [0.2, 0.25) is 5.91 Å². The average molecular weight is 265 g/mol. The summed E-state index contributed by atoms with van der Waals surface area (Å²) in [5, 5.41) is 9.13. The van der Waals surface area contributed by atoms with Crippen LogP contribution in [0.4, 0.5) is 0 Å². The Morgan fingerprint density at radius 2 is 2.26 bits per heavy atom. The molecule has 0 radical (unpaired) electrons. The first-order chi connectivity index (χ1) is 9.13. The summed E-state index contributed by atoms with van der Waals surface area (Å²) in [6.45, 7) is 0.123. The molecule has 0 aliphatic carbocycles. The zero-order chi connectivity index (χ0) is 13.8. The molecule has 1 aromatic rings. The zero-order valence-corrected chi connectivity index (χ0v) is 10.5. The van der Waals surface area contributed by atoms with Crippen molar-refractivity contribution in [3.05, 3.63) is 29.8 Å². The second kappa shape index (κ2) is 5.71. The predicted molar refractivity (Wildman–Crippen MR) is 65.8 cm³/mol. The maximum Gasteiger partial charge on any atom is 0.328 e. The number of carboxylic acids is 1. The molecule has 1 atom stereocenters. The molecule has 1 unspecified atom stereocenters. The lowest BCUT2D eigenvalue weighted by Gasteiger charge is -2.33. The number of carboxylic acid groups (broad SMARTS) is 1. The first kappa shape index (κ1) is 13.4. The van der Waals surface area contributed by atoms with E-state index in [1.165, 1.54) is 12.0 Å². The Bertz CT molecular complexity index is 488. The third-order valence-electron chi connectivity index (χ3n) is 3.02. The van der Waals surface area contributed by atoms with Crippen molar-refractivity contribution in [2.45, 2.75) is 12.6 Å². The highest BCUT2D eigenvalue weighted by Crippen LogP contribution is 2.21. The van der Waals surface area contributed by atoms with Gasteiger partial charge in [0.05, 0.1) is 20.3 Å². The fourth-order valence-electron chi connectivity index (χ4n) is 2.02. The van der Waals surface area contributed by atoms with Crippen LogP contribution in [0.25, 0.3) is 0 Å². The quantitative estimate of drug-likeness (QED) is 0.858. The maximum absolute atomic E-state index is 11.8. The topological polar surface area (TPSA) is 76.1 Å². The Labute approximate surface area is 110 Å². The molecule has 1 heterocycles. The number of hydrogen-bond donors (Lipinski definition) is 1. The van der Waals surface area contributed by atoms with Crippen molar-refractivity contribution in [1.29, 1.82) is 0 Å². The van der Waals surface area contributed by atoms with Crippen molar-refractivity contribution < 1.29 is 24.2 Å². The van der Waals surface area contributed by atoms with Crippen LogP contribution in [-0.2, 0) is 20.9 Å². The van der Waals surface area contributed by atoms with Crippen LogP contribution < -0.4 is 4.74 Å². The number of hydrogen-bond acceptors (Lipinski definition) is 4. The van der Waals surface area contributed by atoms with Crippen LogP contribution in [0, 0.1) is 0 Å². The van der Waals surface area contributed by atoms with Crippen LogP contribution in [0.3, 0.4) is 0 Å². The number of benzene rings is 1. The molecule has 2 rings (SSSR count). The van der Waals surface area contributed by atoms with E-state index in [0.717, 1.165) is 5.56 Å². The summed E-state index contributed by atoms with van der Waals surface area (Å²) >= 11 is 0. The van der Waals surface area contributed by atoms with E-state index in [1.54, 1.807) is 12.1 Å². The molecule has 1 N–H and O–H groups in total. The summed E-state index contributed by atoms with van der Waals surface area (Å²) in [6, 6.07) is 6.26. The standard InChI is InChI=1S/C13H15NO5/c1-18-11-5-3-2-4-9(11)6-14-10(13(16)17)7-19-8-12(14)15/h2-5,10H,6-8H2,1H3,(H,16,17). The molecule has 1 saturated heterocycles. The molecule has 0 saturated carbocycles. The van der Waals surface area contributed by atoms with Gasteiger partial charge in [0, 0.05) is 5.56 Å². The van der Waals surface area contributed by atoms with Gasteiger partial charge in [0.25, 0.3) is 0 Å². The Morgan fingerprint density at radius 1 is 1.53 bits per heavy atom. The summed E-state index contributed by atoms with van der Waals surface area (Å²) < 4.78 is 10.2. The molecule has 0 bridgehead atoms. The molecule has 1 aromatic carbocycles. The van der Waals surface area contributed by atoms with Crippen LogP contribution in [0.5, 0.6) is 5.75 Å². The number of ether oxygens (including phenoxy) is 2. The predicted octanol–water partition coefficient (Wildman–Crippen LogP) is 0.507. The van der Waals surface area contributed by atoms with Crippen molar-refractivity contribution in [2.75, 3.05) is 20.3 Å². The molecular formula is C13H15NO5. The number of carbonyl (C=O) groups is 2. The van der Waals surface area contributed by atoms with E-state index in [1.807, 2.05) is 12.1 Å². The first-order valence-corrected chi connectivity index (χ1v) is 5.85. The van der Waals surface area contributed by atoms with E-state index in [2.05, 4.69) is 0 Å². The molecule has 6 heteroatoms. The first-order valence-electron chi connectivity index (χ1n) is 5.85. The van der Waals surface area contributed by atoms with Gasteiger partial charge in [-0.25, -0.2) is 4.79 Å². The van der Waals surface area contributed by atoms with Crippen LogP contribution in [-0.4, -0.2) is 48.2 Å². The third kappa shape index (κ3) is 2.85. The van der Waals surface area contributed by atoms with E-state index in [9.17, 15) is 9.59 Å². The number of morpholine rings is 1. The molecule has 1 aliphatic rings. The Hall–Kier alpha value is -2.08. The number of aliphatic carboxylic acids is 1. The molecule has 0 aromatic heterocycles. The monoisotopic (exact) mass is 265 g/mol. The fraction of sp³-hybridized carbons (Fsp3) is 0.385. The lowest BCUT2D eigenvalue weighted by atomic mass is 10.1. The van der Waals surface area contributed by atoms with Gasteiger partial charge in [0.15, 0.2) is 6.04 Å². The summed E-state index contributed by atoms with van der Waals surface area (Å²) in [5.74, 6) is -0.765. The van der Waals surface area contributed by atoms with Gasteiger partial charge >= 0.3 is 5.97 Å². The van der Waals surface area contributed by atoms with Gasteiger partial charge in [-0.1, -0.05) is 18.2 Å². The smallest absolute Gasteiger partial charge is 0.328 e. The molecule has 6 nitrogen and oxygen atoms in total. The Morgan fingerprint density at radius 3 is 2.95 bits per heavy atom. The number of rotatable bonds is 4. The van der Waals surface area contributed by atoms with Crippen molar-refractivity contribution in [3.8, 4) is 5.75 Å². The van der Waals surface area contributed by atoms with Gasteiger partial charge < -0.3 is 19.5 Å². The van der Waals surface area contributed by atoms with Gasteiger partial charge in [-0.2, -0.15) is 0 Å². The van der Waals surface area contributed by atoms with Gasteiger partial charge in [-0.3, -0.25) is 4.79 Å². The lowest BCUT2D eigenvalue weighted by Crippen LogP contribution is -2.52. The zero-order valence-electron chi connectivity index (χ0n) is 10.5. The third-order valence-corrected chi connectivity index (χ3v) is 3.02. The SMILES string of the molecule is COc1ccccc1CN1C(=O)COCC1C(=O)O. The maximum atomic E-state index is 11.8. The van der Waals surface area contributed by atoms with Crippen molar-refractivity contribution >= 4 is 11.9 Å². The Balaban J connectivity index is 2.23. The molecule has 1 aliphatic heterocycles. The van der Waals surface area contributed by atoms with E-state index in [4.69, 9.17) is 14.6 Å². The van der Waals surface area contributed by atoms with E-state index in [0.29, 0.717) is 5.75 Å². The largest absolute Gasteiger partial charge is 0.496 e. The van der Waals surface area contributed by atoms with Gasteiger partial charge in [-0.15, -0.1) is 0 Å². The summed E-state index contributed by atoms with van der Waals surface area (Å²) in [4.78, 5) is 24.3. The Kier molecular flexibility index (Phi) is 4.01. The van der Waals surface area contributed by atoms with Crippen LogP contribution in [0.1, 0.15) is 5.56 Å². The molecule has 19 heavy (non-hydrogen) atoms. The molecular weight excluding hydrogens is 250 g/mol. The second-order valence-corrected chi connectivity index (χ2v) is 4.20. The lowest BCUT2D eigenvalue weighted by molar-refractivity contribution is -0.163. The van der Waals surface area contributed by atoms with E-state index >= 15 is 0 Å². The summed E-state index contributed by atoms with van der Waals surface area (Å²) in [5.41, 5.74) is 0.770. The highest BCUT2D eigenvalue weighted by Gasteiger charge is 2.34.